The molecular weight excluding hydrogens is 294 g/mol. The molecule has 2 rings (SSSR count). The van der Waals surface area contributed by atoms with Crippen LogP contribution in [0.1, 0.15) is 18.2 Å². The molecule has 0 unspecified atom stereocenters. The predicted molar refractivity (Wildman–Crippen MR) is 81.6 cm³/mol. The fourth-order valence-corrected chi connectivity index (χ4v) is 1.96. The van der Waals surface area contributed by atoms with Gasteiger partial charge in [-0.25, -0.2) is 9.36 Å². The molecule has 0 saturated carbocycles. The van der Waals surface area contributed by atoms with Gasteiger partial charge in [0, 0.05) is 22.3 Å². The third kappa shape index (κ3) is 3.41. The molecule has 1 N–H and O–H groups in total. The van der Waals surface area contributed by atoms with Crippen molar-refractivity contribution in [3.05, 3.63) is 61.4 Å². The summed E-state index contributed by atoms with van der Waals surface area (Å²) in [5.74, 6) is 0. The van der Waals surface area contributed by atoms with Gasteiger partial charge in [-0.2, -0.15) is 0 Å². The summed E-state index contributed by atoms with van der Waals surface area (Å²) >= 11 is 6.05. The highest BCUT2D eigenvalue weighted by atomic mass is 35.5. The number of hydrogen-bond donors (Lipinski definition) is 1. The first kappa shape index (κ1) is 15.1. The summed E-state index contributed by atoms with van der Waals surface area (Å²) in [6.07, 6.45) is 1.43. The number of aromatic nitrogens is 2. The van der Waals surface area contributed by atoms with Gasteiger partial charge >= 0.3 is 5.69 Å². The van der Waals surface area contributed by atoms with Gasteiger partial charge in [0.25, 0.3) is 5.56 Å². The Morgan fingerprint density at radius 3 is 2.81 bits per heavy atom. The lowest BCUT2D eigenvalue weighted by atomic mass is 10.2. The van der Waals surface area contributed by atoms with Gasteiger partial charge in [0.1, 0.15) is 6.61 Å². The van der Waals surface area contributed by atoms with Gasteiger partial charge in [0.15, 0.2) is 0 Å². The molecule has 0 bridgehead atoms. The Kier molecular flexibility index (Phi) is 4.59. The Labute approximate surface area is 125 Å². The zero-order valence-corrected chi connectivity index (χ0v) is 12.3. The zero-order valence-electron chi connectivity index (χ0n) is 11.6. The molecule has 0 aliphatic heterocycles. The maximum atomic E-state index is 12.0. The van der Waals surface area contributed by atoms with Crippen LogP contribution in [0, 0.1) is 6.92 Å². The van der Waals surface area contributed by atoms with Crippen molar-refractivity contribution >= 4 is 17.8 Å². The third-order valence-corrected chi connectivity index (χ3v) is 3.04. The number of H-pyrrole nitrogens is 1. The summed E-state index contributed by atoms with van der Waals surface area (Å²) in [4.78, 5) is 31.4. The van der Waals surface area contributed by atoms with Crippen LogP contribution in [0.15, 0.2) is 39.0 Å². The van der Waals surface area contributed by atoms with Crippen LogP contribution in [0.4, 0.5) is 0 Å². The maximum absolute atomic E-state index is 12.0. The number of hydrogen-bond acceptors (Lipinski definition) is 4. The molecule has 0 radical (unpaired) electrons. The van der Waals surface area contributed by atoms with Crippen molar-refractivity contribution in [3.63, 3.8) is 0 Å². The molecule has 21 heavy (non-hydrogen) atoms. The van der Waals surface area contributed by atoms with Crippen molar-refractivity contribution in [1.82, 2.24) is 9.55 Å². The molecule has 110 valence electrons. The van der Waals surface area contributed by atoms with Gasteiger partial charge in [-0.15, -0.1) is 0 Å². The number of rotatable bonds is 4. The van der Waals surface area contributed by atoms with E-state index in [1.807, 2.05) is 0 Å². The number of aromatic amines is 1. The van der Waals surface area contributed by atoms with Crippen LogP contribution >= 0.6 is 11.6 Å². The first-order valence-corrected chi connectivity index (χ1v) is 6.69. The van der Waals surface area contributed by atoms with Gasteiger partial charge < -0.3 is 9.82 Å². The van der Waals surface area contributed by atoms with E-state index in [9.17, 15) is 9.59 Å². The average Bonchev–Trinajstić information content (AvgIpc) is 2.41. The molecule has 0 amide bonds. The monoisotopic (exact) mass is 307 g/mol. The van der Waals surface area contributed by atoms with E-state index in [0.717, 1.165) is 4.57 Å². The third-order valence-electron chi connectivity index (χ3n) is 2.70. The van der Waals surface area contributed by atoms with Crippen LogP contribution in [0.25, 0.3) is 5.69 Å². The highest BCUT2D eigenvalue weighted by Gasteiger charge is 2.07. The fourth-order valence-electron chi connectivity index (χ4n) is 1.79. The summed E-state index contributed by atoms with van der Waals surface area (Å²) in [5, 5.41) is 4.18. The van der Waals surface area contributed by atoms with Crippen LogP contribution in [0.2, 0.25) is 5.02 Å². The minimum atomic E-state index is -0.505. The first-order chi connectivity index (χ1) is 10.0. The Hall–Kier alpha value is -2.34. The molecule has 7 heteroatoms. The largest absolute Gasteiger partial charge is 0.396 e. The highest BCUT2D eigenvalue weighted by molar-refractivity contribution is 6.33. The van der Waals surface area contributed by atoms with Gasteiger partial charge in [-0.3, -0.25) is 4.79 Å². The summed E-state index contributed by atoms with van der Waals surface area (Å²) in [7, 11) is 0. The van der Waals surface area contributed by atoms with E-state index >= 15 is 0 Å². The lowest BCUT2D eigenvalue weighted by Gasteiger charge is -2.07. The van der Waals surface area contributed by atoms with Gasteiger partial charge in [-0.1, -0.05) is 16.8 Å². The van der Waals surface area contributed by atoms with Crippen LogP contribution in [0.3, 0.4) is 0 Å². The van der Waals surface area contributed by atoms with E-state index in [1.165, 1.54) is 12.3 Å². The van der Waals surface area contributed by atoms with E-state index < -0.39 is 11.2 Å². The standard InChI is InChI=1S/C14H14ClN3O3/c1-3-21-16-8-10-7-11(4-5-12(10)15)18-13(19)6-9(2)17-14(18)20/h4-8H,3H2,1-2H3,(H,17,20)/b16-8+. The average molecular weight is 308 g/mol. The second-order valence-electron chi connectivity index (χ2n) is 4.29. The molecule has 0 atom stereocenters. The summed E-state index contributed by atoms with van der Waals surface area (Å²) < 4.78 is 1.03. The topological polar surface area (TPSA) is 76.5 Å². The number of halogens is 1. The van der Waals surface area contributed by atoms with Crippen LogP contribution in [-0.4, -0.2) is 22.4 Å². The predicted octanol–water partition coefficient (Wildman–Crippen LogP) is 1.86. The highest BCUT2D eigenvalue weighted by Crippen LogP contribution is 2.17. The minimum absolute atomic E-state index is 0.406. The molecule has 1 heterocycles. The molecule has 1 aromatic carbocycles. The number of nitrogens with one attached hydrogen (secondary N) is 1. The molecule has 2 aromatic rings. The summed E-state index contributed by atoms with van der Waals surface area (Å²) in [6.45, 7) is 3.89. The summed E-state index contributed by atoms with van der Waals surface area (Å²) in [5.41, 5.74) is 0.549. The van der Waals surface area contributed by atoms with Crippen molar-refractivity contribution < 1.29 is 4.84 Å². The second-order valence-corrected chi connectivity index (χ2v) is 4.70. The van der Waals surface area contributed by atoms with Crippen molar-refractivity contribution in [2.24, 2.45) is 5.16 Å². The molecule has 0 spiro atoms. The van der Waals surface area contributed by atoms with E-state index in [0.29, 0.717) is 28.6 Å². The van der Waals surface area contributed by atoms with E-state index in [2.05, 4.69) is 10.1 Å². The van der Waals surface area contributed by atoms with E-state index in [1.54, 1.807) is 32.0 Å². The van der Waals surface area contributed by atoms with Crippen molar-refractivity contribution in [1.29, 1.82) is 0 Å². The van der Waals surface area contributed by atoms with Crippen LogP contribution in [0.5, 0.6) is 0 Å². The second kappa shape index (κ2) is 6.41. The van der Waals surface area contributed by atoms with Gasteiger partial charge in [-0.05, 0) is 32.0 Å². The fraction of sp³-hybridized carbons (Fsp3) is 0.214. The molecular formula is C14H14ClN3O3. The Bertz CT molecular complexity index is 762. The SMILES string of the molecule is CCO/N=C/c1cc(-n2c(=O)cc(C)[nH]c2=O)ccc1Cl. The number of aryl methyl sites for hydroxylation is 1. The Morgan fingerprint density at radius 2 is 2.14 bits per heavy atom. The zero-order chi connectivity index (χ0) is 15.4. The van der Waals surface area contributed by atoms with Crippen molar-refractivity contribution in [2.45, 2.75) is 13.8 Å². The van der Waals surface area contributed by atoms with Crippen LogP contribution in [-0.2, 0) is 4.84 Å². The molecule has 0 aliphatic carbocycles. The first-order valence-electron chi connectivity index (χ1n) is 6.31. The molecule has 0 aliphatic rings. The lowest BCUT2D eigenvalue weighted by Crippen LogP contribution is -2.33. The van der Waals surface area contributed by atoms with Crippen molar-refractivity contribution in [2.75, 3.05) is 6.61 Å². The Morgan fingerprint density at radius 1 is 1.38 bits per heavy atom. The summed E-state index contributed by atoms with van der Waals surface area (Å²) in [6, 6.07) is 6.13. The van der Waals surface area contributed by atoms with Gasteiger partial charge in [0.05, 0.1) is 11.9 Å². The van der Waals surface area contributed by atoms with Gasteiger partial charge in [0.2, 0.25) is 0 Å². The number of benzene rings is 1. The Balaban J connectivity index is 2.54. The lowest BCUT2D eigenvalue weighted by molar-refractivity contribution is 0.160. The minimum Gasteiger partial charge on any atom is -0.396 e. The smallest absolute Gasteiger partial charge is 0.333 e. The maximum Gasteiger partial charge on any atom is 0.333 e. The molecule has 6 nitrogen and oxygen atoms in total. The number of oxime groups is 1. The van der Waals surface area contributed by atoms with Crippen LogP contribution < -0.4 is 11.2 Å². The molecule has 0 saturated heterocycles. The normalized spacial score (nSPS) is 11.0. The molecule has 0 fully saturated rings. The van der Waals surface area contributed by atoms with E-state index in [4.69, 9.17) is 16.4 Å². The number of nitrogens with zero attached hydrogens (tertiary/aromatic N) is 2. The quantitative estimate of drug-likeness (QED) is 0.692. The molecule has 1 aromatic heterocycles. The van der Waals surface area contributed by atoms with E-state index in [-0.39, 0.29) is 0 Å². The van der Waals surface area contributed by atoms with Crippen molar-refractivity contribution in [3.8, 4) is 5.69 Å².